The quantitative estimate of drug-likeness (QED) is 0.397. The molecule has 0 aliphatic carbocycles. The molecule has 0 saturated heterocycles. The Hall–Kier alpha value is -3.80. The van der Waals surface area contributed by atoms with Gasteiger partial charge in [-0.15, -0.1) is 10.2 Å². The Bertz CT molecular complexity index is 1150. The Balaban J connectivity index is 1.39. The van der Waals surface area contributed by atoms with Crippen molar-refractivity contribution >= 4 is 5.97 Å². The second-order valence-electron chi connectivity index (χ2n) is 7.48. The Morgan fingerprint density at radius 2 is 1.65 bits per heavy atom. The molecule has 0 N–H and O–H groups in total. The van der Waals surface area contributed by atoms with Crippen LogP contribution >= 0.6 is 0 Å². The van der Waals surface area contributed by atoms with E-state index in [1.807, 2.05) is 18.2 Å². The molecule has 0 aliphatic rings. The normalized spacial score (nSPS) is 11.8. The standard InChI is InChI=1S/C25H23N3O3/c1-17(15-18-11-13-20(14-12-18)19-7-4-3-5-8-19)16-23-27-28-24(31-23)21-9-6-10-22(26-21)25(29)30-2/h3-14,17H,15-16H2,1-2H3. The van der Waals surface area contributed by atoms with Crippen LogP contribution in [0.5, 0.6) is 0 Å². The monoisotopic (exact) mass is 413 g/mol. The lowest BCUT2D eigenvalue weighted by Crippen LogP contribution is -2.04. The highest BCUT2D eigenvalue weighted by Gasteiger charge is 2.15. The topological polar surface area (TPSA) is 78.1 Å². The molecule has 2 aromatic carbocycles. The fraction of sp³-hybridized carbons (Fsp3) is 0.200. The lowest BCUT2D eigenvalue weighted by Gasteiger charge is -2.10. The second-order valence-corrected chi connectivity index (χ2v) is 7.48. The van der Waals surface area contributed by atoms with Gasteiger partial charge in [-0.25, -0.2) is 9.78 Å². The Labute approximate surface area is 180 Å². The fourth-order valence-corrected chi connectivity index (χ4v) is 3.45. The highest BCUT2D eigenvalue weighted by atomic mass is 16.5. The van der Waals surface area contributed by atoms with Gasteiger partial charge < -0.3 is 9.15 Å². The van der Waals surface area contributed by atoms with E-state index in [4.69, 9.17) is 9.15 Å². The van der Waals surface area contributed by atoms with Crippen LogP contribution in [0, 0.1) is 5.92 Å². The van der Waals surface area contributed by atoms with Gasteiger partial charge in [0, 0.05) is 6.42 Å². The third kappa shape index (κ3) is 5.04. The number of pyridine rings is 1. The Kier molecular flexibility index (Phi) is 6.17. The van der Waals surface area contributed by atoms with Crippen LogP contribution in [0.1, 0.15) is 28.9 Å². The molecule has 0 amide bonds. The van der Waals surface area contributed by atoms with Crippen molar-refractivity contribution in [2.75, 3.05) is 7.11 Å². The van der Waals surface area contributed by atoms with Crippen molar-refractivity contribution in [1.82, 2.24) is 15.2 Å². The van der Waals surface area contributed by atoms with E-state index in [1.54, 1.807) is 18.2 Å². The summed E-state index contributed by atoms with van der Waals surface area (Å²) >= 11 is 0. The van der Waals surface area contributed by atoms with Crippen LogP contribution in [-0.4, -0.2) is 28.3 Å². The summed E-state index contributed by atoms with van der Waals surface area (Å²) in [5.74, 6) is 0.660. The van der Waals surface area contributed by atoms with E-state index in [0.717, 1.165) is 6.42 Å². The van der Waals surface area contributed by atoms with Gasteiger partial charge in [-0.3, -0.25) is 0 Å². The van der Waals surface area contributed by atoms with Crippen molar-refractivity contribution in [3.8, 4) is 22.7 Å². The number of aromatic nitrogens is 3. The molecule has 2 heterocycles. The summed E-state index contributed by atoms with van der Waals surface area (Å²) in [5.41, 5.74) is 4.34. The van der Waals surface area contributed by atoms with Gasteiger partial charge in [-0.2, -0.15) is 0 Å². The number of rotatable bonds is 7. The molecule has 0 bridgehead atoms. The molecule has 6 heteroatoms. The predicted molar refractivity (Wildman–Crippen MR) is 117 cm³/mol. The van der Waals surface area contributed by atoms with Gasteiger partial charge in [-0.1, -0.05) is 67.6 Å². The first-order chi connectivity index (χ1) is 15.1. The van der Waals surface area contributed by atoms with E-state index in [2.05, 4.69) is 58.5 Å². The molecule has 6 nitrogen and oxygen atoms in total. The number of carbonyl (C=O) groups excluding carboxylic acids is 1. The van der Waals surface area contributed by atoms with Crippen LogP contribution in [0.3, 0.4) is 0 Å². The number of esters is 1. The van der Waals surface area contributed by atoms with Gasteiger partial charge in [0.15, 0.2) is 0 Å². The molecule has 4 rings (SSSR count). The summed E-state index contributed by atoms with van der Waals surface area (Å²) in [6.07, 6.45) is 1.56. The number of methoxy groups -OCH3 is 1. The van der Waals surface area contributed by atoms with Crippen LogP contribution < -0.4 is 0 Å². The minimum Gasteiger partial charge on any atom is -0.464 e. The first-order valence-electron chi connectivity index (χ1n) is 10.1. The molecule has 0 spiro atoms. The summed E-state index contributed by atoms with van der Waals surface area (Å²) in [4.78, 5) is 15.9. The van der Waals surface area contributed by atoms with Gasteiger partial charge in [0.05, 0.1) is 7.11 Å². The predicted octanol–water partition coefficient (Wildman–Crippen LogP) is 5.01. The third-order valence-corrected chi connectivity index (χ3v) is 5.00. The molecule has 2 aromatic heterocycles. The summed E-state index contributed by atoms with van der Waals surface area (Å²) in [6.45, 7) is 2.16. The molecule has 0 aliphatic heterocycles. The number of nitrogens with zero attached hydrogens (tertiary/aromatic N) is 3. The van der Waals surface area contributed by atoms with E-state index in [-0.39, 0.29) is 5.69 Å². The Morgan fingerprint density at radius 3 is 2.39 bits per heavy atom. The number of carbonyl (C=O) groups is 1. The zero-order valence-corrected chi connectivity index (χ0v) is 17.5. The zero-order chi connectivity index (χ0) is 21.6. The Morgan fingerprint density at radius 1 is 0.903 bits per heavy atom. The summed E-state index contributed by atoms with van der Waals surface area (Å²) in [5, 5.41) is 8.24. The lowest BCUT2D eigenvalue weighted by atomic mass is 9.96. The van der Waals surface area contributed by atoms with Crippen molar-refractivity contribution in [3.05, 3.63) is 89.9 Å². The molecule has 31 heavy (non-hydrogen) atoms. The maximum absolute atomic E-state index is 11.7. The summed E-state index contributed by atoms with van der Waals surface area (Å²) in [6, 6.07) is 24.0. The first-order valence-corrected chi connectivity index (χ1v) is 10.1. The fourth-order valence-electron chi connectivity index (χ4n) is 3.45. The number of hydrogen-bond acceptors (Lipinski definition) is 6. The molecular formula is C25H23N3O3. The van der Waals surface area contributed by atoms with Crippen molar-refractivity contribution in [3.63, 3.8) is 0 Å². The van der Waals surface area contributed by atoms with E-state index in [9.17, 15) is 4.79 Å². The van der Waals surface area contributed by atoms with Gasteiger partial charge >= 0.3 is 5.97 Å². The van der Waals surface area contributed by atoms with Crippen molar-refractivity contribution < 1.29 is 13.9 Å². The number of hydrogen-bond donors (Lipinski definition) is 0. The highest BCUT2D eigenvalue weighted by Crippen LogP contribution is 2.22. The minimum absolute atomic E-state index is 0.201. The van der Waals surface area contributed by atoms with Crippen molar-refractivity contribution in [1.29, 1.82) is 0 Å². The minimum atomic E-state index is -0.506. The molecule has 1 unspecified atom stereocenters. The number of ether oxygens (including phenoxy) is 1. The SMILES string of the molecule is COC(=O)c1cccc(-c2nnc(CC(C)Cc3ccc(-c4ccccc4)cc3)o2)n1. The van der Waals surface area contributed by atoms with E-state index in [1.165, 1.54) is 23.8 Å². The summed E-state index contributed by atoms with van der Waals surface area (Å²) < 4.78 is 10.5. The molecular weight excluding hydrogens is 390 g/mol. The highest BCUT2D eigenvalue weighted by molar-refractivity contribution is 5.87. The van der Waals surface area contributed by atoms with Crippen molar-refractivity contribution in [2.24, 2.45) is 5.92 Å². The van der Waals surface area contributed by atoms with Crippen LogP contribution in [0.2, 0.25) is 0 Å². The van der Waals surface area contributed by atoms with Crippen LogP contribution in [0.4, 0.5) is 0 Å². The second kappa shape index (κ2) is 9.34. The summed E-state index contributed by atoms with van der Waals surface area (Å²) in [7, 11) is 1.32. The van der Waals surface area contributed by atoms with Crippen molar-refractivity contribution in [2.45, 2.75) is 19.8 Å². The molecule has 1 atom stereocenters. The van der Waals surface area contributed by atoms with E-state index >= 15 is 0 Å². The van der Waals surface area contributed by atoms with Crippen LogP contribution in [-0.2, 0) is 17.6 Å². The maximum Gasteiger partial charge on any atom is 0.356 e. The molecule has 156 valence electrons. The largest absolute Gasteiger partial charge is 0.464 e. The lowest BCUT2D eigenvalue weighted by molar-refractivity contribution is 0.0594. The van der Waals surface area contributed by atoms with Gasteiger partial charge in [0.25, 0.3) is 5.89 Å². The average molecular weight is 413 g/mol. The average Bonchev–Trinajstić information content (AvgIpc) is 3.28. The molecule has 4 aromatic rings. The van der Waals surface area contributed by atoms with Gasteiger partial charge in [0.2, 0.25) is 5.89 Å². The smallest absolute Gasteiger partial charge is 0.356 e. The molecule has 0 saturated carbocycles. The third-order valence-electron chi connectivity index (χ3n) is 5.00. The first kappa shape index (κ1) is 20.5. The van der Waals surface area contributed by atoms with Crippen LogP contribution in [0.15, 0.2) is 77.2 Å². The van der Waals surface area contributed by atoms with Crippen LogP contribution in [0.25, 0.3) is 22.7 Å². The van der Waals surface area contributed by atoms with E-state index in [0.29, 0.717) is 29.8 Å². The zero-order valence-electron chi connectivity index (χ0n) is 17.5. The maximum atomic E-state index is 11.7. The van der Waals surface area contributed by atoms with E-state index < -0.39 is 5.97 Å². The molecule has 0 radical (unpaired) electrons. The molecule has 0 fully saturated rings. The van der Waals surface area contributed by atoms with Gasteiger partial charge in [-0.05, 0) is 41.2 Å². The number of benzene rings is 2. The van der Waals surface area contributed by atoms with Gasteiger partial charge in [0.1, 0.15) is 11.4 Å².